The predicted molar refractivity (Wildman–Crippen MR) is 103 cm³/mol. The fourth-order valence-electron chi connectivity index (χ4n) is 3.05. The Kier molecular flexibility index (Phi) is 7.42. The van der Waals surface area contributed by atoms with Crippen molar-refractivity contribution in [3.05, 3.63) is 41.2 Å². The minimum Gasteiger partial charge on any atom is -0.349 e. The summed E-state index contributed by atoms with van der Waals surface area (Å²) in [6.07, 6.45) is 5.86. The van der Waals surface area contributed by atoms with Gasteiger partial charge in [-0.15, -0.1) is 23.7 Å². The first kappa shape index (κ1) is 19.1. The zero-order valence-electron chi connectivity index (χ0n) is 14.3. The molecule has 1 aliphatic heterocycles. The molecule has 1 unspecified atom stereocenters. The molecule has 1 N–H and O–H groups in total. The lowest BCUT2D eigenvalue weighted by atomic mass is 10.1. The molecule has 3 rings (SSSR count). The maximum absolute atomic E-state index is 4.61. The van der Waals surface area contributed by atoms with Gasteiger partial charge in [0.15, 0.2) is 5.13 Å². The average molecular weight is 368 g/mol. The quantitative estimate of drug-likeness (QED) is 0.850. The Balaban J connectivity index is 0.00000208. The number of anilines is 1. The van der Waals surface area contributed by atoms with Crippen molar-refractivity contribution in [2.45, 2.75) is 26.4 Å². The van der Waals surface area contributed by atoms with Gasteiger partial charge in [0.05, 0.1) is 0 Å². The molecule has 132 valence electrons. The molecular formula is C17H26ClN5S. The largest absolute Gasteiger partial charge is 0.349 e. The molecular weight excluding hydrogens is 342 g/mol. The zero-order valence-corrected chi connectivity index (χ0v) is 15.9. The van der Waals surface area contributed by atoms with Gasteiger partial charge >= 0.3 is 0 Å². The molecule has 1 aliphatic rings. The molecule has 0 aliphatic carbocycles. The molecule has 24 heavy (non-hydrogen) atoms. The number of pyridine rings is 1. The van der Waals surface area contributed by atoms with Crippen LogP contribution in [0.15, 0.2) is 30.7 Å². The number of aromatic nitrogens is 2. The number of hydrogen-bond acceptors (Lipinski definition) is 6. The third kappa shape index (κ3) is 4.45. The van der Waals surface area contributed by atoms with Crippen molar-refractivity contribution in [3.8, 4) is 0 Å². The molecule has 0 amide bonds. The first-order chi connectivity index (χ1) is 11.3. The summed E-state index contributed by atoms with van der Waals surface area (Å²) in [6, 6.07) is 4.58. The van der Waals surface area contributed by atoms with E-state index >= 15 is 0 Å². The number of rotatable bonds is 6. The van der Waals surface area contributed by atoms with Gasteiger partial charge in [0.25, 0.3) is 0 Å². The summed E-state index contributed by atoms with van der Waals surface area (Å²) < 4.78 is 0. The van der Waals surface area contributed by atoms with Gasteiger partial charge in [-0.3, -0.25) is 9.88 Å². The van der Waals surface area contributed by atoms with Crippen molar-refractivity contribution in [2.75, 3.05) is 37.6 Å². The van der Waals surface area contributed by atoms with Crippen LogP contribution < -0.4 is 10.2 Å². The van der Waals surface area contributed by atoms with Crippen molar-refractivity contribution in [1.29, 1.82) is 0 Å². The van der Waals surface area contributed by atoms with Gasteiger partial charge in [0.1, 0.15) is 0 Å². The predicted octanol–water partition coefficient (Wildman–Crippen LogP) is 2.95. The monoisotopic (exact) mass is 367 g/mol. The average Bonchev–Trinajstić information content (AvgIpc) is 3.06. The molecule has 0 saturated carbocycles. The van der Waals surface area contributed by atoms with Gasteiger partial charge in [-0.2, -0.15) is 0 Å². The fraction of sp³-hybridized carbons (Fsp3) is 0.529. The van der Waals surface area contributed by atoms with Gasteiger partial charge in [0.2, 0.25) is 0 Å². The van der Waals surface area contributed by atoms with Crippen LogP contribution in [-0.2, 0) is 6.54 Å². The molecule has 3 heterocycles. The van der Waals surface area contributed by atoms with E-state index in [-0.39, 0.29) is 12.4 Å². The van der Waals surface area contributed by atoms with Crippen molar-refractivity contribution in [3.63, 3.8) is 0 Å². The molecule has 2 aromatic heterocycles. The second-order valence-electron chi connectivity index (χ2n) is 5.76. The van der Waals surface area contributed by atoms with Crippen molar-refractivity contribution >= 4 is 28.9 Å². The van der Waals surface area contributed by atoms with Crippen molar-refractivity contribution in [2.24, 2.45) is 0 Å². The van der Waals surface area contributed by atoms with Crippen LogP contribution in [0.4, 0.5) is 5.13 Å². The van der Waals surface area contributed by atoms with E-state index in [1.165, 1.54) is 10.4 Å². The number of halogens is 1. The van der Waals surface area contributed by atoms with Gasteiger partial charge in [-0.1, -0.05) is 6.07 Å². The Morgan fingerprint density at radius 3 is 2.88 bits per heavy atom. The van der Waals surface area contributed by atoms with E-state index in [1.807, 2.05) is 36.0 Å². The summed E-state index contributed by atoms with van der Waals surface area (Å²) in [5.74, 6) is 0. The fourth-order valence-corrected chi connectivity index (χ4v) is 4.11. The summed E-state index contributed by atoms with van der Waals surface area (Å²) in [7, 11) is 0. The second-order valence-corrected chi connectivity index (χ2v) is 6.85. The van der Waals surface area contributed by atoms with E-state index in [0.717, 1.165) is 44.4 Å². The number of nitrogens with one attached hydrogen (secondary N) is 1. The summed E-state index contributed by atoms with van der Waals surface area (Å²) >= 11 is 1.82. The Morgan fingerprint density at radius 2 is 2.17 bits per heavy atom. The maximum atomic E-state index is 4.61. The summed E-state index contributed by atoms with van der Waals surface area (Å²) in [4.78, 5) is 15.1. The lowest BCUT2D eigenvalue weighted by molar-refractivity contribution is 0.155. The highest BCUT2D eigenvalue weighted by atomic mass is 35.5. The van der Waals surface area contributed by atoms with Crippen LogP contribution >= 0.6 is 23.7 Å². The number of piperazine rings is 1. The molecule has 1 fully saturated rings. The number of nitrogens with zero attached hydrogens (tertiary/aromatic N) is 4. The Bertz CT molecular complexity index is 602. The smallest absolute Gasteiger partial charge is 0.185 e. The second kappa shape index (κ2) is 9.32. The maximum Gasteiger partial charge on any atom is 0.185 e. The van der Waals surface area contributed by atoms with Gasteiger partial charge in [-0.05, 0) is 25.5 Å². The van der Waals surface area contributed by atoms with Gasteiger partial charge < -0.3 is 10.2 Å². The van der Waals surface area contributed by atoms with E-state index in [2.05, 4.69) is 45.0 Å². The van der Waals surface area contributed by atoms with Crippen molar-refractivity contribution in [1.82, 2.24) is 20.2 Å². The summed E-state index contributed by atoms with van der Waals surface area (Å²) in [5, 5.41) is 4.64. The highest BCUT2D eigenvalue weighted by molar-refractivity contribution is 7.15. The Labute approximate surface area is 154 Å². The molecule has 0 spiro atoms. The van der Waals surface area contributed by atoms with Crippen LogP contribution in [0.5, 0.6) is 0 Å². The molecule has 1 atom stereocenters. The van der Waals surface area contributed by atoms with Crippen LogP contribution in [0.1, 0.15) is 30.3 Å². The van der Waals surface area contributed by atoms with Crippen molar-refractivity contribution < 1.29 is 0 Å². The van der Waals surface area contributed by atoms with Crippen LogP contribution in [0.3, 0.4) is 0 Å². The molecule has 0 bridgehead atoms. The molecule has 0 aromatic carbocycles. The number of hydrogen-bond donors (Lipinski definition) is 1. The van der Waals surface area contributed by atoms with E-state index in [4.69, 9.17) is 0 Å². The number of thiazole rings is 1. The third-order valence-corrected chi connectivity index (χ3v) is 5.40. The zero-order chi connectivity index (χ0) is 16.1. The molecule has 0 radical (unpaired) electrons. The highest BCUT2D eigenvalue weighted by Gasteiger charge is 2.24. The summed E-state index contributed by atoms with van der Waals surface area (Å²) in [6.45, 7) is 10.4. The lowest BCUT2D eigenvalue weighted by Gasteiger charge is -2.36. The van der Waals surface area contributed by atoms with E-state index in [9.17, 15) is 0 Å². The molecule has 1 saturated heterocycles. The first-order valence-corrected chi connectivity index (χ1v) is 9.17. The standard InChI is InChI=1S/C17H25N5S.ClH/c1-3-21(4-2)17-20-11-15(23-17)13-22-9-8-19-12-16(22)14-6-5-7-18-10-14;/h5-7,10-11,16,19H,3-4,8-9,12-13H2,1-2H3;1H. The lowest BCUT2D eigenvalue weighted by Crippen LogP contribution is -2.45. The van der Waals surface area contributed by atoms with E-state index in [0.29, 0.717) is 6.04 Å². The van der Waals surface area contributed by atoms with Crippen LogP contribution in [0.2, 0.25) is 0 Å². The molecule has 5 nitrogen and oxygen atoms in total. The van der Waals surface area contributed by atoms with Gasteiger partial charge in [0, 0.05) is 68.8 Å². The molecule has 7 heteroatoms. The minimum absolute atomic E-state index is 0. The first-order valence-electron chi connectivity index (χ1n) is 8.36. The highest BCUT2D eigenvalue weighted by Crippen LogP contribution is 2.28. The topological polar surface area (TPSA) is 44.3 Å². The van der Waals surface area contributed by atoms with Crippen LogP contribution in [0.25, 0.3) is 0 Å². The Morgan fingerprint density at radius 1 is 1.33 bits per heavy atom. The third-order valence-electron chi connectivity index (χ3n) is 4.36. The molecule has 2 aromatic rings. The summed E-state index contributed by atoms with van der Waals surface area (Å²) in [5.41, 5.74) is 1.29. The normalized spacial score (nSPS) is 18.2. The van der Waals surface area contributed by atoms with Crippen LogP contribution in [-0.4, -0.2) is 47.6 Å². The minimum atomic E-state index is 0. The van der Waals surface area contributed by atoms with Gasteiger partial charge in [-0.25, -0.2) is 4.98 Å². The van der Waals surface area contributed by atoms with E-state index in [1.54, 1.807) is 0 Å². The van der Waals surface area contributed by atoms with Crippen LogP contribution in [0, 0.1) is 0 Å². The van der Waals surface area contributed by atoms with E-state index < -0.39 is 0 Å². The SMILES string of the molecule is CCN(CC)c1ncc(CN2CCNCC2c2cccnc2)s1.Cl. The Hall–Kier alpha value is -1.21.